The maximum atomic E-state index is 12.2. The molecule has 0 saturated heterocycles. The van der Waals surface area contributed by atoms with Gasteiger partial charge in [0, 0.05) is 23.4 Å². The Kier molecular flexibility index (Phi) is 2.24. The first-order chi connectivity index (χ1) is 8.48. The van der Waals surface area contributed by atoms with Gasteiger partial charge in [-0.3, -0.25) is 4.79 Å². The van der Waals surface area contributed by atoms with Crippen molar-refractivity contribution < 1.29 is 9.32 Å². The van der Waals surface area contributed by atoms with Crippen LogP contribution in [0.3, 0.4) is 0 Å². The second-order valence-electron chi connectivity index (χ2n) is 5.81. The van der Waals surface area contributed by atoms with Gasteiger partial charge in [0.05, 0.1) is 6.20 Å². The van der Waals surface area contributed by atoms with Crippen LogP contribution in [0.2, 0.25) is 0 Å². The maximum Gasteiger partial charge on any atom is 0.165 e. The van der Waals surface area contributed by atoms with Crippen molar-refractivity contribution in [1.29, 1.82) is 0 Å². The molecule has 0 atom stereocenters. The van der Waals surface area contributed by atoms with Gasteiger partial charge in [-0.25, -0.2) is 0 Å². The largest absolute Gasteiger partial charge is 0.362 e. The van der Waals surface area contributed by atoms with Gasteiger partial charge in [0.15, 0.2) is 5.78 Å². The number of hydrogen-bond donors (Lipinski definition) is 0. The SMILES string of the molecule is Cc1cc2c(n1-c1cnoc1)CC(C)(C)CC2=O. The summed E-state index contributed by atoms with van der Waals surface area (Å²) in [7, 11) is 0. The summed E-state index contributed by atoms with van der Waals surface area (Å²) in [6.45, 7) is 6.27. The molecule has 3 rings (SSSR count). The lowest BCUT2D eigenvalue weighted by Gasteiger charge is -2.29. The molecular weight excluding hydrogens is 228 g/mol. The summed E-state index contributed by atoms with van der Waals surface area (Å²) in [4.78, 5) is 12.2. The van der Waals surface area contributed by atoms with Crippen LogP contribution >= 0.6 is 0 Å². The van der Waals surface area contributed by atoms with Crippen molar-refractivity contribution in [3.63, 3.8) is 0 Å². The molecule has 0 N–H and O–H groups in total. The van der Waals surface area contributed by atoms with Gasteiger partial charge in [0.25, 0.3) is 0 Å². The topological polar surface area (TPSA) is 48.0 Å². The minimum atomic E-state index is 0.0176. The second-order valence-corrected chi connectivity index (χ2v) is 5.81. The summed E-state index contributed by atoms with van der Waals surface area (Å²) in [5.74, 6) is 0.236. The van der Waals surface area contributed by atoms with Gasteiger partial charge in [-0.2, -0.15) is 0 Å². The molecule has 0 unspecified atom stereocenters. The standard InChI is InChI=1S/C14H16N2O2/c1-9-4-11-12(5-14(2,3)6-13(11)17)16(9)10-7-15-18-8-10/h4,7-8H,5-6H2,1-3H3. The van der Waals surface area contributed by atoms with E-state index in [1.807, 2.05) is 13.0 Å². The first-order valence-corrected chi connectivity index (χ1v) is 6.12. The Morgan fingerprint density at radius 1 is 1.39 bits per heavy atom. The number of nitrogens with zero attached hydrogens (tertiary/aromatic N) is 2. The molecule has 0 aliphatic heterocycles. The van der Waals surface area contributed by atoms with E-state index in [9.17, 15) is 4.79 Å². The molecule has 0 bridgehead atoms. The second kappa shape index (κ2) is 3.57. The molecule has 0 radical (unpaired) electrons. The zero-order valence-corrected chi connectivity index (χ0v) is 10.9. The molecule has 0 amide bonds. The summed E-state index contributed by atoms with van der Waals surface area (Å²) in [6.07, 6.45) is 4.80. The van der Waals surface area contributed by atoms with E-state index in [1.165, 1.54) is 0 Å². The Morgan fingerprint density at radius 2 is 2.17 bits per heavy atom. The van der Waals surface area contributed by atoms with Gasteiger partial charge in [0.1, 0.15) is 12.0 Å². The number of hydrogen-bond acceptors (Lipinski definition) is 3. The number of Topliss-reactive ketones (excluding diaryl/α,β-unsaturated/α-hetero) is 1. The van der Waals surface area contributed by atoms with Crippen LogP contribution in [0.4, 0.5) is 0 Å². The van der Waals surface area contributed by atoms with Crippen molar-refractivity contribution in [3.8, 4) is 5.69 Å². The molecule has 18 heavy (non-hydrogen) atoms. The van der Waals surface area contributed by atoms with E-state index < -0.39 is 0 Å². The highest BCUT2D eigenvalue weighted by atomic mass is 16.5. The van der Waals surface area contributed by atoms with Gasteiger partial charge in [-0.1, -0.05) is 19.0 Å². The molecule has 0 fully saturated rings. The number of carbonyl (C=O) groups excluding carboxylic acids is 1. The molecule has 1 aliphatic carbocycles. The third-order valence-corrected chi connectivity index (χ3v) is 3.55. The average Bonchev–Trinajstić information content (AvgIpc) is 2.83. The first-order valence-electron chi connectivity index (χ1n) is 6.12. The third kappa shape index (κ3) is 1.60. The van der Waals surface area contributed by atoms with Crippen LogP contribution in [0.15, 0.2) is 23.0 Å². The maximum absolute atomic E-state index is 12.2. The summed E-state index contributed by atoms with van der Waals surface area (Å²) in [5, 5.41) is 3.74. The molecule has 4 nitrogen and oxygen atoms in total. The predicted molar refractivity (Wildman–Crippen MR) is 67.0 cm³/mol. The first kappa shape index (κ1) is 11.3. The zero-order valence-electron chi connectivity index (χ0n) is 10.9. The lowest BCUT2D eigenvalue weighted by atomic mass is 9.76. The summed E-state index contributed by atoms with van der Waals surface area (Å²) >= 11 is 0. The molecule has 1 aliphatic rings. The van der Waals surface area contributed by atoms with Crippen molar-refractivity contribution in [3.05, 3.63) is 35.5 Å². The molecule has 0 saturated carbocycles. The molecule has 94 valence electrons. The van der Waals surface area contributed by atoms with Crippen molar-refractivity contribution >= 4 is 5.78 Å². The van der Waals surface area contributed by atoms with E-state index >= 15 is 0 Å². The fourth-order valence-corrected chi connectivity index (χ4v) is 2.82. The van der Waals surface area contributed by atoms with Crippen LogP contribution in [-0.4, -0.2) is 15.5 Å². The van der Waals surface area contributed by atoms with Crippen LogP contribution in [0, 0.1) is 12.3 Å². The Hall–Kier alpha value is -1.84. The fourth-order valence-electron chi connectivity index (χ4n) is 2.82. The number of ketones is 1. The fraction of sp³-hybridized carbons (Fsp3) is 0.429. The number of carbonyl (C=O) groups is 1. The van der Waals surface area contributed by atoms with Crippen molar-refractivity contribution in [2.45, 2.75) is 33.6 Å². The van der Waals surface area contributed by atoms with Crippen molar-refractivity contribution in [2.75, 3.05) is 0 Å². The Balaban J connectivity index is 2.21. The molecule has 0 spiro atoms. The summed E-state index contributed by atoms with van der Waals surface area (Å²) in [5.41, 5.74) is 3.89. The van der Waals surface area contributed by atoms with Crippen LogP contribution in [-0.2, 0) is 6.42 Å². The highest BCUT2D eigenvalue weighted by molar-refractivity contribution is 5.99. The lowest BCUT2D eigenvalue weighted by molar-refractivity contribution is 0.0911. The van der Waals surface area contributed by atoms with Gasteiger partial charge < -0.3 is 9.09 Å². The third-order valence-electron chi connectivity index (χ3n) is 3.55. The summed E-state index contributed by atoms with van der Waals surface area (Å²) < 4.78 is 6.98. The zero-order chi connectivity index (χ0) is 12.9. The smallest absolute Gasteiger partial charge is 0.165 e. The molecular formula is C14H16N2O2. The lowest BCUT2D eigenvalue weighted by Crippen LogP contribution is -2.27. The minimum absolute atomic E-state index is 0.0176. The molecule has 2 heterocycles. The number of rotatable bonds is 1. The Labute approximate surface area is 106 Å². The number of aryl methyl sites for hydroxylation is 1. The van der Waals surface area contributed by atoms with E-state index in [0.29, 0.717) is 6.42 Å². The normalized spacial score (nSPS) is 17.8. The van der Waals surface area contributed by atoms with E-state index in [4.69, 9.17) is 4.52 Å². The average molecular weight is 244 g/mol. The number of aromatic nitrogens is 2. The van der Waals surface area contributed by atoms with E-state index in [2.05, 4.69) is 23.6 Å². The molecule has 2 aromatic rings. The quantitative estimate of drug-likeness (QED) is 0.775. The van der Waals surface area contributed by atoms with E-state index in [0.717, 1.165) is 29.1 Å². The monoisotopic (exact) mass is 244 g/mol. The van der Waals surface area contributed by atoms with Crippen molar-refractivity contribution in [1.82, 2.24) is 9.72 Å². The van der Waals surface area contributed by atoms with Gasteiger partial charge in [-0.15, -0.1) is 0 Å². The van der Waals surface area contributed by atoms with Crippen LogP contribution in [0.1, 0.15) is 42.0 Å². The molecule has 0 aromatic carbocycles. The Morgan fingerprint density at radius 3 is 2.83 bits per heavy atom. The molecule has 4 heteroatoms. The van der Waals surface area contributed by atoms with Gasteiger partial charge in [-0.05, 0) is 24.8 Å². The predicted octanol–water partition coefficient (Wildman–Crippen LogP) is 2.93. The minimum Gasteiger partial charge on any atom is -0.362 e. The summed E-state index contributed by atoms with van der Waals surface area (Å²) in [6, 6.07) is 1.97. The van der Waals surface area contributed by atoms with E-state index in [-0.39, 0.29) is 11.2 Å². The van der Waals surface area contributed by atoms with Gasteiger partial charge in [0.2, 0.25) is 0 Å². The molecule has 2 aromatic heterocycles. The van der Waals surface area contributed by atoms with Crippen LogP contribution in [0.25, 0.3) is 5.69 Å². The van der Waals surface area contributed by atoms with E-state index in [1.54, 1.807) is 12.5 Å². The highest BCUT2D eigenvalue weighted by Gasteiger charge is 2.34. The number of fused-ring (bicyclic) bond motifs is 1. The van der Waals surface area contributed by atoms with Crippen molar-refractivity contribution in [2.24, 2.45) is 5.41 Å². The highest BCUT2D eigenvalue weighted by Crippen LogP contribution is 2.37. The van der Waals surface area contributed by atoms with Gasteiger partial charge >= 0.3 is 0 Å². The van der Waals surface area contributed by atoms with Crippen LogP contribution < -0.4 is 0 Å². The Bertz CT molecular complexity index is 606. The van der Waals surface area contributed by atoms with Crippen LogP contribution in [0.5, 0.6) is 0 Å².